The number of carbonyl (C=O) groups is 2. The van der Waals surface area contributed by atoms with Crippen LogP contribution in [0.5, 0.6) is 0 Å². The molecule has 1 aliphatic rings. The number of benzene rings is 1. The Kier molecular flexibility index (Phi) is 7.21. The third-order valence-corrected chi connectivity index (χ3v) is 4.01. The highest BCUT2D eigenvalue weighted by molar-refractivity contribution is 5.78. The van der Waals surface area contributed by atoms with Gasteiger partial charge in [0.25, 0.3) is 0 Å². The third-order valence-electron chi connectivity index (χ3n) is 4.01. The van der Waals surface area contributed by atoms with Crippen LogP contribution in [0.3, 0.4) is 0 Å². The standard InChI is InChI=1S/C18H26N2O4/c1-3-24-18(22)11-16(15-7-5-4-6-13(15)2)20-17(21)10-14-12-23-9-8-19-14/h4-7,14,16,19H,3,8-12H2,1-2H3,(H,20,21). The van der Waals surface area contributed by atoms with Crippen molar-refractivity contribution in [2.75, 3.05) is 26.4 Å². The van der Waals surface area contributed by atoms with Gasteiger partial charge in [-0.2, -0.15) is 0 Å². The van der Waals surface area contributed by atoms with Gasteiger partial charge in [-0.3, -0.25) is 9.59 Å². The first-order chi connectivity index (χ1) is 11.6. The van der Waals surface area contributed by atoms with Gasteiger partial charge in [0.15, 0.2) is 0 Å². The fourth-order valence-corrected chi connectivity index (χ4v) is 2.83. The van der Waals surface area contributed by atoms with Crippen LogP contribution in [0.15, 0.2) is 24.3 Å². The Labute approximate surface area is 142 Å². The Morgan fingerprint density at radius 1 is 1.42 bits per heavy atom. The Bertz CT molecular complexity index is 556. The fourth-order valence-electron chi connectivity index (χ4n) is 2.83. The summed E-state index contributed by atoms with van der Waals surface area (Å²) in [5, 5.41) is 6.23. The SMILES string of the molecule is CCOC(=O)CC(NC(=O)CC1COCCN1)c1ccccc1C. The summed E-state index contributed by atoms with van der Waals surface area (Å²) in [5.74, 6) is -0.416. The number of esters is 1. The molecule has 1 aliphatic heterocycles. The second kappa shape index (κ2) is 9.39. The summed E-state index contributed by atoms with van der Waals surface area (Å²) in [6.07, 6.45) is 0.449. The van der Waals surface area contributed by atoms with Gasteiger partial charge in [-0.1, -0.05) is 24.3 Å². The number of morpholine rings is 1. The highest BCUT2D eigenvalue weighted by Gasteiger charge is 2.23. The van der Waals surface area contributed by atoms with Crippen LogP contribution in [0.4, 0.5) is 0 Å². The van der Waals surface area contributed by atoms with E-state index in [1.807, 2.05) is 31.2 Å². The number of rotatable bonds is 7. The number of amides is 1. The number of aryl methyl sites for hydroxylation is 1. The van der Waals surface area contributed by atoms with Crippen molar-refractivity contribution < 1.29 is 19.1 Å². The van der Waals surface area contributed by atoms with Gasteiger partial charge in [0.1, 0.15) is 0 Å². The maximum atomic E-state index is 12.4. The van der Waals surface area contributed by atoms with E-state index >= 15 is 0 Å². The van der Waals surface area contributed by atoms with Gasteiger partial charge in [0.2, 0.25) is 5.91 Å². The summed E-state index contributed by atoms with van der Waals surface area (Å²) in [6.45, 7) is 6.02. The molecule has 1 heterocycles. The molecule has 0 spiro atoms. The molecule has 24 heavy (non-hydrogen) atoms. The topological polar surface area (TPSA) is 76.7 Å². The zero-order valence-corrected chi connectivity index (χ0v) is 14.3. The summed E-state index contributed by atoms with van der Waals surface area (Å²) in [4.78, 5) is 24.3. The molecule has 2 N–H and O–H groups in total. The van der Waals surface area contributed by atoms with Crippen LogP contribution in [-0.2, 0) is 19.1 Å². The molecule has 0 saturated carbocycles. The molecule has 0 aromatic heterocycles. The van der Waals surface area contributed by atoms with Crippen LogP contribution in [0.1, 0.15) is 36.9 Å². The predicted molar refractivity (Wildman–Crippen MR) is 90.5 cm³/mol. The average molecular weight is 334 g/mol. The number of nitrogens with one attached hydrogen (secondary N) is 2. The molecule has 1 saturated heterocycles. The minimum atomic E-state index is -0.387. The molecule has 1 aromatic carbocycles. The second-order valence-electron chi connectivity index (χ2n) is 5.92. The number of carbonyl (C=O) groups excluding carboxylic acids is 2. The van der Waals surface area contributed by atoms with Gasteiger partial charge in [-0.05, 0) is 25.0 Å². The molecule has 6 heteroatoms. The van der Waals surface area contributed by atoms with Crippen LogP contribution in [0.25, 0.3) is 0 Å². The van der Waals surface area contributed by atoms with E-state index in [1.54, 1.807) is 6.92 Å². The average Bonchev–Trinajstić information content (AvgIpc) is 2.56. The van der Waals surface area contributed by atoms with Gasteiger partial charge < -0.3 is 20.1 Å². The van der Waals surface area contributed by atoms with E-state index in [4.69, 9.17) is 9.47 Å². The zero-order valence-electron chi connectivity index (χ0n) is 14.3. The highest BCUT2D eigenvalue weighted by Crippen LogP contribution is 2.21. The van der Waals surface area contributed by atoms with Gasteiger partial charge in [0.05, 0.1) is 32.3 Å². The first-order valence-corrected chi connectivity index (χ1v) is 8.41. The lowest BCUT2D eigenvalue weighted by Gasteiger charge is -2.25. The second-order valence-corrected chi connectivity index (χ2v) is 5.92. The van der Waals surface area contributed by atoms with E-state index in [9.17, 15) is 9.59 Å². The van der Waals surface area contributed by atoms with Crippen LogP contribution >= 0.6 is 0 Å². The van der Waals surface area contributed by atoms with Crippen molar-refractivity contribution in [2.24, 2.45) is 0 Å². The van der Waals surface area contributed by atoms with E-state index in [0.717, 1.165) is 17.7 Å². The van der Waals surface area contributed by atoms with Crippen molar-refractivity contribution in [1.82, 2.24) is 10.6 Å². The molecule has 1 amide bonds. The minimum Gasteiger partial charge on any atom is -0.466 e. The summed E-state index contributed by atoms with van der Waals surface area (Å²) < 4.78 is 10.4. The first kappa shape index (κ1) is 18.4. The summed E-state index contributed by atoms with van der Waals surface area (Å²) >= 11 is 0. The largest absolute Gasteiger partial charge is 0.466 e. The molecule has 2 atom stereocenters. The highest BCUT2D eigenvalue weighted by atomic mass is 16.5. The maximum Gasteiger partial charge on any atom is 0.308 e. The lowest BCUT2D eigenvalue weighted by atomic mass is 9.98. The van der Waals surface area contributed by atoms with Crippen LogP contribution in [-0.4, -0.2) is 44.3 Å². The third kappa shape index (κ3) is 5.62. The Morgan fingerprint density at radius 3 is 2.88 bits per heavy atom. The van der Waals surface area contributed by atoms with E-state index < -0.39 is 0 Å². The van der Waals surface area contributed by atoms with Gasteiger partial charge in [-0.15, -0.1) is 0 Å². The van der Waals surface area contributed by atoms with Crippen molar-refractivity contribution in [2.45, 2.75) is 38.8 Å². The molecule has 132 valence electrons. The minimum absolute atomic E-state index is 0.0128. The van der Waals surface area contributed by atoms with E-state index in [-0.39, 0.29) is 30.4 Å². The van der Waals surface area contributed by atoms with E-state index in [1.165, 1.54) is 0 Å². The molecular formula is C18H26N2O4. The number of hydrogen-bond donors (Lipinski definition) is 2. The Hall–Kier alpha value is -1.92. The first-order valence-electron chi connectivity index (χ1n) is 8.41. The normalized spacial score (nSPS) is 18.7. The zero-order chi connectivity index (χ0) is 17.4. The van der Waals surface area contributed by atoms with Gasteiger partial charge in [0, 0.05) is 19.0 Å². The molecule has 2 unspecified atom stereocenters. The lowest BCUT2D eigenvalue weighted by Crippen LogP contribution is -2.44. The van der Waals surface area contributed by atoms with Gasteiger partial charge in [-0.25, -0.2) is 0 Å². The van der Waals surface area contributed by atoms with Crippen molar-refractivity contribution in [3.05, 3.63) is 35.4 Å². The van der Waals surface area contributed by atoms with E-state index in [2.05, 4.69) is 10.6 Å². The molecule has 1 fully saturated rings. The molecule has 2 rings (SSSR count). The Morgan fingerprint density at radius 2 is 2.21 bits per heavy atom. The summed E-state index contributed by atoms with van der Waals surface area (Å²) in [5.41, 5.74) is 1.97. The number of ether oxygens (including phenoxy) is 2. The fraction of sp³-hybridized carbons (Fsp3) is 0.556. The van der Waals surface area contributed by atoms with E-state index in [0.29, 0.717) is 26.2 Å². The smallest absolute Gasteiger partial charge is 0.308 e. The molecule has 0 aliphatic carbocycles. The summed E-state index contributed by atoms with van der Waals surface area (Å²) in [6, 6.07) is 7.37. The van der Waals surface area contributed by atoms with Crippen molar-refractivity contribution in [1.29, 1.82) is 0 Å². The lowest BCUT2D eigenvalue weighted by molar-refractivity contribution is -0.143. The molecule has 1 aromatic rings. The van der Waals surface area contributed by atoms with Crippen LogP contribution < -0.4 is 10.6 Å². The molecule has 0 bridgehead atoms. The Balaban J connectivity index is 2.03. The van der Waals surface area contributed by atoms with Crippen LogP contribution in [0, 0.1) is 6.92 Å². The van der Waals surface area contributed by atoms with Crippen molar-refractivity contribution in [3.63, 3.8) is 0 Å². The summed E-state index contributed by atoms with van der Waals surface area (Å²) in [7, 11) is 0. The predicted octanol–water partition coefficient (Wildman–Crippen LogP) is 1.48. The molecule has 0 radical (unpaired) electrons. The number of hydrogen-bond acceptors (Lipinski definition) is 5. The molecular weight excluding hydrogens is 308 g/mol. The quantitative estimate of drug-likeness (QED) is 0.739. The molecule has 6 nitrogen and oxygen atoms in total. The van der Waals surface area contributed by atoms with Gasteiger partial charge >= 0.3 is 5.97 Å². The van der Waals surface area contributed by atoms with Crippen LogP contribution in [0.2, 0.25) is 0 Å². The monoisotopic (exact) mass is 334 g/mol. The van der Waals surface area contributed by atoms with Crippen molar-refractivity contribution in [3.8, 4) is 0 Å². The van der Waals surface area contributed by atoms with Crippen molar-refractivity contribution >= 4 is 11.9 Å². The maximum absolute atomic E-state index is 12.4.